The lowest BCUT2D eigenvalue weighted by Gasteiger charge is -2.50. The van der Waals surface area contributed by atoms with Crippen molar-refractivity contribution in [3.05, 3.63) is 65.5 Å². The second-order valence-corrected chi connectivity index (χ2v) is 9.38. The van der Waals surface area contributed by atoms with Gasteiger partial charge in [0.05, 0.1) is 12.5 Å². The van der Waals surface area contributed by atoms with Gasteiger partial charge in [0.1, 0.15) is 5.82 Å². The van der Waals surface area contributed by atoms with Gasteiger partial charge in [-0.3, -0.25) is 14.5 Å². The summed E-state index contributed by atoms with van der Waals surface area (Å²) in [6, 6.07) is 15.0. The average Bonchev–Trinajstić information content (AvgIpc) is 2.79. The molecule has 2 aliphatic heterocycles. The minimum atomic E-state index is -0.276. The van der Waals surface area contributed by atoms with E-state index >= 15 is 0 Å². The molecule has 2 heterocycles. The maximum Gasteiger partial charge on any atom is 0.253 e. The van der Waals surface area contributed by atoms with Crippen molar-refractivity contribution in [3.63, 3.8) is 0 Å². The Morgan fingerprint density at radius 1 is 0.939 bits per heavy atom. The van der Waals surface area contributed by atoms with E-state index in [0.717, 1.165) is 50.3 Å². The molecule has 2 aliphatic rings. The van der Waals surface area contributed by atoms with Gasteiger partial charge in [0.2, 0.25) is 5.91 Å². The third-order valence-electron chi connectivity index (χ3n) is 6.97. The lowest BCUT2D eigenvalue weighted by atomic mass is 9.96. The molecular formula is C26H33FN4O2. The van der Waals surface area contributed by atoms with Crippen LogP contribution in [0.3, 0.4) is 0 Å². The number of carbonyl (C=O) groups excluding carboxylic acids is 2. The van der Waals surface area contributed by atoms with Gasteiger partial charge in [-0.25, -0.2) is 4.39 Å². The number of likely N-dealkylation sites (N-methyl/N-ethyl adjacent to an activating group) is 1. The van der Waals surface area contributed by atoms with E-state index in [2.05, 4.69) is 16.8 Å². The fourth-order valence-electron chi connectivity index (χ4n) is 4.71. The number of likely N-dealkylation sites (tertiary alicyclic amines) is 2. The van der Waals surface area contributed by atoms with E-state index in [9.17, 15) is 14.0 Å². The van der Waals surface area contributed by atoms with Gasteiger partial charge >= 0.3 is 0 Å². The number of piperidine rings is 1. The molecule has 0 aliphatic carbocycles. The highest BCUT2D eigenvalue weighted by atomic mass is 19.1. The summed E-state index contributed by atoms with van der Waals surface area (Å²) >= 11 is 0. The number of rotatable bonds is 6. The first kappa shape index (κ1) is 23.2. The molecule has 0 radical (unpaired) electrons. The van der Waals surface area contributed by atoms with Crippen molar-refractivity contribution in [1.29, 1.82) is 0 Å². The molecule has 0 N–H and O–H groups in total. The van der Waals surface area contributed by atoms with Gasteiger partial charge in [-0.05, 0) is 54.8 Å². The minimum absolute atomic E-state index is 0.0153. The molecule has 2 amide bonds. The highest BCUT2D eigenvalue weighted by Crippen LogP contribution is 2.27. The third kappa shape index (κ3) is 5.36. The number of anilines is 1. The molecule has 0 saturated carbocycles. The molecule has 33 heavy (non-hydrogen) atoms. The summed E-state index contributed by atoms with van der Waals surface area (Å²) < 4.78 is 13.1. The Bertz CT molecular complexity index is 963. The van der Waals surface area contributed by atoms with Crippen LogP contribution in [0.2, 0.25) is 0 Å². The Labute approximate surface area is 195 Å². The first-order valence-corrected chi connectivity index (χ1v) is 11.6. The van der Waals surface area contributed by atoms with Crippen molar-refractivity contribution in [2.75, 3.05) is 52.2 Å². The quantitative estimate of drug-likeness (QED) is 0.676. The maximum absolute atomic E-state index is 13.1. The van der Waals surface area contributed by atoms with Crippen LogP contribution in [-0.4, -0.2) is 85.9 Å². The van der Waals surface area contributed by atoms with Crippen LogP contribution in [0.1, 0.15) is 28.8 Å². The van der Waals surface area contributed by atoms with Gasteiger partial charge in [-0.1, -0.05) is 12.1 Å². The fourth-order valence-corrected chi connectivity index (χ4v) is 4.71. The second-order valence-electron chi connectivity index (χ2n) is 9.38. The number of carbonyl (C=O) groups is 2. The van der Waals surface area contributed by atoms with E-state index in [1.807, 2.05) is 29.2 Å². The molecule has 0 bridgehead atoms. The summed E-state index contributed by atoms with van der Waals surface area (Å²) in [7, 11) is 5.63. The predicted octanol–water partition coefficient (Wildman–Crippen LogP) is 2.88. The van der Waals surface area contributed by atoms with Crippen LogP contribution in [0.4, 0.5) is 10.1 Å². The zero-order valence-electron chi connectivity index (χ0n) is 19.7. The normalized spacial score (nSPS) is 17.5. The van der Waals surface area contributed by atoms with Crippen LogP contribution in [0.5, 0.6) is 0 Å². The highest BCUT2D eigenvalue weighted by Gasteiger charge is 2.36. The monoisotopic (exact) mass is 452 g/mol. The first-order chi connectivity index (χ1) is 15.8. The Morgan fingerprint density at radius 3 is 2.12 bits per heavy atom. The van der Waals surface area contributed by atoms with Gasteiger partial charge in [-0.2, -0.15) is 0 Å². The van der Waals surface area contributed by atoms with Gasteiger partial charge in [0.25, 0.3) is 5.91 Å². The van der Waals surface area contributed by atoms with Crippen molar-refractivity contribution in [3.8, 4) is 0 Å². The zero-order chi connectivity index (χ0) is 23.5. The van der Waals surface area contributed by atoms with Crippen molar-refractivity contribution < 1.29 is 14.0 Å². The summed E-state index contributed by atoms with van der Waals surface area (Å²) in [6.07, 6.45) is 2.32. The largest absolute Gasteiger partial charge is 0.369 e. The maximum atomic E-state index is 13.1. The van der Waals surface area contributed by atoms with Crippen LogP contribution in [-0.2, 0) is 11.2 Å². The lowest BCUT2D eigenvalue weighted by Crippen LogP contribution is -2.63. The predicted molar refractivity (Wildman–Crippen MR) is 128 cm³/mol. The van der Waals surface area contributed by atoms with Gasteiger partial charge in [0.15, 0.2) is 0 Å². The van der Waals surface area contributed by atoms with E-state index in [1.165, 1.54) is 12.1 Å². The molecular weight excluding hydrogens is 419 g/mol. The Balaban J connectivity index is 1.22. The summed E-state index contributed by atoms with van der Waals surface area (Å²) in [5, 5.41) is 0. The molecule has 176 valence electrons. The molecule has 2 aromatic carbocycles. The van der Waals surface area contributed by atoms with Crippen molar-refractivity contribution in [2.24, 2.45) is 0 Å². The Morgan fingerprint density at radius 2 is 1.55 bits per heavy atom. The smallest absolute Gasteiger partial charge is 0.253 e. The Hall–Kier alpha value is -2.93. The van der Waals surface area contributed by atoms with Crippen LogP contribution in [0.15, 0.2) is 48.5 Å². The van der Waals surface area contributed by atoms with Gasteiger partial charge < -0.3 is 14.7 Å². The first-order valence-electron chi connectivity index (χ1n) is 11.6. The third-order valence-corrected chi connectivity index (χ3v) is 6.97. The SMILES string of the molecule is CN(C)C(=O)c1ccc(N(C)C2CN(C3CCN(C(=O)Cc4ccc(F)cc4)CC3)C2)cc1. The fraction of sp³-hybridized carbons (Fsp3) is 0.462. The molecule has 4 rings (SSSR count). The topological polar surface area (TPSA) is 47.1 Å². The van der Waals surface area contributed by atoms with E-state index in [4.69, 9.17) is 0 Å². The summed E-state index contributed by atoms with van der Waals surface area (Å²) in [5.74, 6) is -0.138. The molecule has 2 saturated heterocycles. The van der Waals surface area contributed by atoms with E-state index in [1.54, 1.807) is 31.1 Å². The Kier molecular flexibility index (Phi) is 6.98. The number of nitrogens with zero attached hydrogens (tertiary/aromatic N) is 4. The molecule has 6 nitrogen and oxygen atoms in total. The lowest BCUT2D eigenvalue weighted by molar-refractivity contribution is -0.132. The van der Waals surface area contributed by atoms with Gasteiger partial charge in [-0.15, -0.1) is 0 Å². The molecule has 2 aromatic rings. The summed E-state index contributed by atoms with van der Waals surface area (Å²) in [5.41, 5.74) is 2.68. The molecule has 7 heteroatoms. The summed E-state index contributed by atoms with van der Waals surface area (Å²) in [4.78, 5) is 33.0. The number of hydrogen-bond donors (Lipinski definition) is 0. The molecule has 2 fully saturated rings. The van der Waals surface area contributed by atoms with E-state index in [0.29, 0.717) is 24.1 Å². The minimum Gasteiger partial charge on any atom is -0.369 e. The van der Waals surface area contributed by atoms with Crippen molar-refractivity contribution >= 4 is 17.5 Å². The van der Waals surface area contributed by atoms with Crippen molar-refractivity contribution in [2.45, 2.75) is 31.3 Å². The van der Waals surface area contributed by atoms with Crippen molar-refractivity contribution in [1.82, 2.24) is 14.7 Å². The summed E-state index contributed by atoms with van der Waals surface area (Å²) in [6.45, 7) is 3.60. The highest BCUT2D eigenvalue weighted by molar-refractivity contribution is 5.94. The number of amides is 2. The van der Waals surface area contributed by atoms with Crippen LogP contribution in [0.25, 0.3) is 0 Å². The van der Waals surface area contributed by atoms with E-state index < -0.39 is 0 Å². The average molecular weight is 453 g/mol. The van der Waals surface area contributed by atoms with Crippen LogP contribution in [0, 0.1) is 5.82 Å². The second kappa shape index (κ2) is 9.91. The van der Waals surface area contributed by atoms with Crippen LogP contribution < -0.4 is 4.90 Å². The van der Waals surface area contributed by atoms with Crippen LogP contribution >= 0.6 is 0 Å². The number of benzene rings is 2. The van der Waals surface area contributed by atoms with E-state index in [-0.39, 0.29) is 17.6 Å². The number of hydrogen-bond acceptors (Lipinski definition) is 4. The molecule has 0 unspecified atom stereocenters. The molecule has 0 spiro atoms. The van der Waals surface area contributed by atoms with Gasteiger partial charge in [0, 0.05) is 64.6 Å². The standard InChI is InChI=1S/C26H33FN4O2/c1-28(2)26(33)20-6-10-22(11-7-20)29(3)24-17-31(18-24)23-12-14-30(15-13-23)25(32)16-19-4-8-21(27)9-5-19/h4-11,23-24H,12-18H2,1-3H3. The zero-order valence-corrected chi connectivity index (χ0v) is 19.7. The number of halogens is 1. The molecule has 0 aromatic heterocycles. The molecule has 0 atom stereocenters.